The number of piperidine rings is 1. The maximum atomic E-state index is 13.7. The summed E-state index contributed by atoms with van der Waals surface area (Å²) in [4.78, 5) is 33.8. The molecule has 3 N–H and O–H groups in total. The summed E-state index contributed by atoms with van der Waals surface area (Å²) < 4.78 is 24.7. The Balaban J connectivity index is 1.74. The molecule has 1 fully saturated rings. The van der Waals surface area contributed by atoms with E-state index in [1.165, 1.54) is 9.13 Å². The minimum atomic E-state index is -1.90. The molecular formula is C25H34N6O4S. The summed E-state index contributed by atoms with van der Waals surface area (Å²) >= 11 is -1.90. The third-order valence-electron chi connectivity index (χ3n) is 6.57. The first kappa shape index (κ1) is 26.1. The molecule has 2 unspecified atom stereocenters. The molecule has 194 valence electrons. The van der Waals surface area contributed by atoms with Gasteiger partial charge < -0.3 is 19.8 Å². The van der Waals surface area contributed by atoms with E-state index in [0.717, 1.165) is 36.1 Å². The number of hydrogen-bond acceptors (Lipinski definition) is 6. The van der Waals surface area contributed by atoms with Crippen LogP contribution in [0.25, 0.3) is 11.2 Å². The first-order chi connectivity index (χ1) is 17.2. The topological polar surface area (TPSA) is 128 Å². The van der Waals surface area contributed by atoms with Crippen LogP contribution in [0.2, 0.25) is 0 Å². The Hall–Kier alpha value is -3.02. The minimum Gasteiger partial charge on any atom is -0.341 e. The predicted octanol–water partition coefficient (Wildman–Crippen LogP) is 1.75. The van der Waals surface area contributed by atoms with Crippen LogP contribution in [0.15, 0.2) is 45.5 Å². The average Bonchev–Trinajstić information content (AvgIpc) is 3.22. The molecule has 3 heterocycles. The third-order valence-corrected chi connectivity index (χ3v) is 7.15. The zero-order chi connectivity index (χ0) is 26.0. The van der Waals surface area contributed by atoms with E-state index in [1.54, 1.807) is 19.2 Å². The quantitative estimate of drug-likeness (QED) is 0.346. The highest BCUT2D eigenvalue weighted by atomic mass is 32.2. The molecule has 3 aromatic rings. The van der Waals surface area contributed by atoms with Crippen molar-refractivity contribution in [1.29, 1.82) is 0 Å². The second-order valence-corrected chi connectivity index (χ2v) is 10.6. The number of benzene rings is 1. The van der Waals surface area contributed by atoms with Gasteiger partial charge in [0.05, 0.1) is 5.75 Å². The van der Waals surface area contributed by atoms with E-state index in [0.29, 0.717) is 36.6 Å². The van der Waals surface area contributed by atoms with Gasteiger partial charge in [-0.1, -0.05) is 35.9 Å². The van der Waals surface area contributed by atoms with E-state index >= 15 is 0 Å². The highest BCUT2D eigenvalue weighted by Gasteiger charge is 2.26. The molecule has 1 saturated heterocycles. The molecule has 0 bridgehead atoms. The smallest absolute Gasteiger partial charge is 0.332 e. The summed E-state index contributed by atoms with van der Waals surface area (Å²) in [6, 6.07) is 7.33. The lowest BCUT2D eigenvalue weighted by Crippen LogP contribution is -2.44. The number of rotatable bonds is 8. The van der Waals surface area contributed by atoms with Crippen LogP contribution in [-0.4, -0.2) is 46.6 Å². The van der Waals surface area contributed by atoms with Gasteiger partial charge in [-0.15, -0.1) is 0 Å². The molecule has 10 nitrogen and oxygen atoms in total. The van der Waals surface area contributed by atoms with Crippen molar-refractivity contribution >= 4 is 28.2 Å². The molecule has 0 saturated carbocycles. The minimum absolute atomic E-state index is 0.0414. The fraction of sp³-hybridized carbons (Fsp3) is 0.480. The van der Waals surface area contributed by atoms with Crippen LogP contribution >= 0.6 is 0 Å². The van der Waals surface area contributed by atoms with Gasteiger partial charge in [-0.25, -0.2) is 9.00 Å². The molecule has 11 heteroatoms. The van der Waals surface area contributed by atoms with Crippen molar-refractivity contribution in [1.82, 2.24) is 18.7 Å². The summed E-state index contributed by atoms with van der Waals surface area (Å²) in [5.74, 6) is 0.732. The van der Waals surface area contributed by atoms with Gasteiger partial charge in [0, 0.05) is 39.3 Å². The normalized spacial score (nSPS) is 16.9. The number of anilines is 1. The lowest BCUT2D eigenvalue weighted by atomic mass is 10.1. The highest BCUT2D eigenvalue weighted by molar-refractivity contribution is 7.78. The number of aromatic nitrogens is 4. The maximum absolute atomic E-state index is 13.7. The second kappa shape index (κ2) is 10.9. The van der Waals surface area contributed by atoms with Gasteiger partial charge >= 0.3 is 5.69 Å². The SMILES string of the molecule is CC(C)=CCn1c(N2CCCC(N)C2)nc2c1c(=O)n(CCc1ccc(CS(=O)O)cc1)c(=O)n2C. The van der Waals surface area contributed by atoms with E-state index in [-0.39, 0.29) is 23.9 Å². The maximum Gasteiger partial charge on any atom is 0.332 e. The van der Waals surface area contributed by atoms with Crippen LogP contribution in [0, 0.1) is 0 Å². The van der Waals surface area contributed by atoms with Crippen LogP contribution in [0.1, 0.15) is 37.8 Å². The summed E-state index contributed by atoms with van der Waals surface area (Å²) in [5.41, 5.74) is 9.04. The first-order valence-corrected chi connectivity index (χ1v) is 13.4. The van der Waals surface area contributed by atoms with Crippen molar-refractivity contribution in [3.05, 3.63) is 67.9 Å². The van der Waals surface area contributed by atoms with Crippen LogP contribution < -0.4 is 21.9 Å². The van der Waals surface area contributed by atoms with Gasteiger partial charge in [-0.2, -0.15) is 4.98 Å². The Morgan fingerprint density at radius 1 is 1.19 bits per heavy atom. The molecule has 36 heavy (non-hydrogen) atoms. The third kappa shape index (κ3) is 5.53. The van der Waals surface area contributed by atoms with Gasteiger partial charge in [0.25, 0.3) is 5.56 Å². The Morgan fingerprint density at radius 3 is 2.53 bits per heavy atom. The zero-order valence-corrected chi connectivity index (χ0v) is 21.8. The van der Waals surface area contributed by atoms with Gasteiger partial charge in [0.2, 0.25) is 5.95 Å². The molecule has 0 aliphatic carbocycles. The number of nitrogens with two attached hydrogens (primary N) is 1. The first-order valence-electron chi connectivity index (χ1n) is 12.1. The van der Waals surface area contributed by atoms with E-state index in [1.807, 2.05) is 36.6 Å². The number of nitrogens with zero attached hydrogens (tertiary/aromatic N) is 5. The van der Waals surface area contributed by atoms with E-state index in [2.05, 4.69) is 4.90 Å². The highest BCUT2D eigenvalue weighted by Crippen LogP contribution is 2.23. The van der Waals surface area contributed by atoms with E-state index in [9.17, 15) is 13.8 Å². The number of aryl methyl sites for hydroxylation is 2. The van der Waals surface area contributed by atoms with Gasteiger partial charge in [-0.3, -0.25) is 13.9 Å². The number of allylic oxidation sites excluding steroid dienone is 2. The lowest BCUT2D eigenvalue weighted by molar-refractivity contribution is 0.495. The molecule has 0 radical (unpaired) electrons. The summed E-state index contributed by atoms with van der Waals surface area (Å²) in [6.45, 7) is 6.15. The lowest BCUT2D eigenvalue weighted by Gasteiger charge is -2.31. The van der Waals surface area contributed by atoms with Crippen molar-refractivity contribution in [2.75, 3.05) is 18.0 Å². The Kier molecular flexibility index (Phi) is 7.91. The Bertz CT molecular complexity index is 1420. The molecule has 2 aromatic heterocycles. The molecular weight excluding hydrogens is 480 g/mol. The number of hydrogen-bond donors (Lipinski definition) is 2. The van der Waals surface area contributed by atoms with E-state index < -0.39 is 16.8 Å². The summed E-state index contributed by atoms with van der Waals surface area (Å²) in [5, 5.41) is 0. The largest absolute Gasteiger partial charge is 0.341 e. The molecule has 1 aliphatic rings. The van der Waals surface area contributed by atoms with Crippen molar-refractivity contribution in [3.63, 3.8) is 0 Å². The van der Waals surface area contributed by atoms with Crippen molar-refractivity contribution < 1.29 is 8.76 Å². The van der Waals surface area contributed by atoms with E-state index in [4.69, 9.17) is 15.3 Å². The van der Waals surface area contributed by atoms with Crippen LogP contribution in [0.5, 0.6) is 0 Å². The summed E-state index contributed by atoms with van der Waals surface area (Å²) in [6.07, 6.45) is 4.42. The monoisotopic (exact) mass is 514 g/mol. The van der Waals surface area contributed by atoms with Gasteiger partial charge in [0.15, 0.2) is 22.2 Å². The number of imidazole rings is 1. The predicted molar refractivity (Wildman–Crippen MR) is 143 cm³/mol. The molecule has 0 spiro atoms. The van der Waals surface area contributed by atoms with Crippen LogP contribution in [-0.2, 0) is 43.4 Å². The second-order valence-electron chi connectivity index (χ2n) is 9.66. The fourth-order valence-electron chi connectivity index (χ4n) is 4.62. The molecule has 4 rings (SSSR count). The number of fused-ring (bicyclic) bond motifs is 1. The van der Waals surface area contributed by atoms with Gasteiger partial charge in [0.1, 0.15) is 0 Å². The fourth-order valence-corrected chi connectivity index (χ4v) is 5.10. The standard InChI is InChI=1S/C25H34N6O4S/c1-17(2)10-13-30-21-22(27-24(30)29-12-4-5-20(26)15-29)28(3)25(33)31(23(21)32)14-11-18-6-8-19(9-7-18)16-36(34)35/h6-10,20H,4-5,11-16,26H2,1-3H3,(H,34,35). The van der Waals surface area contributed by atoms with Crippen molar-refractivity contribution in [2.45, 2.75) is 58.0 Å². The Labute approximate surface area is 212 Å². The van der Waals surface area contributed by atoms with Crippen molar-refractivity contribution in [2.24, 2.45) is 12.8 Å². The van der Waals surface area contributed by atoms with Gasteiger partial charge in [-0.05, 0) is 44.2 Å². The molecule has 1 aromatic carbocycles. The summed E-state index contributed by atoms with van der Waals surface area (Å²) in [7, 11) is 1.65. The molecule has 0 amide bonds. The molecule has 1 aliphatic heterocycles. The molecule has 2 atom stereocenters. The van der Waals surface area contributed by atoms with Crippen molar-refractivity contribution in [3.8, 4) is 0 Å². The van der Waals surface area contributed by atoms with Crippen LogP contribution in [0.4, 0.5) is 5.95 Å². The zero-order valence-electron chi connectivity index (χ0n) is 21.0. The van der Waals surface area contributed by atoms with Crippen LogP contribution in [0.3, 0.4) is 0 Å². The average molecular weight is 515 g/mol. The Morgan fingerprint density at radius 2 is 1.89 bits per heavy atom.